The van der Waals surface area contributed by atoms with Crippen molar-refractivity contribution >= 4 is 23.1 Å². The lowest BCUT2D eigenvalue weighted by atomic mass is 10.2. The number of aryl methyl sites for hydroxylation is 1. The molecule has 0 atom stereocenters. The number of nitrogens with zero attached hydrogens (tertiary/aromatic N) is 4. The highest BCUT2D eigenvalue weighted by Crippen LogP contribution is 2.26. The van der Waals surface area contributed by atoms with Crippen LogP contribution in [0, 0.1) is 17.0 Å². The standard InChI is InChI=1S/C12H12ClN5O2/c1-8-10(18(19)20)11(17-12(13)16-8)15-7-5-9-4-2-3-6-14-9/h2-4,6H,5,7H2,1H3,(H,15,16,17). The molecule has 2 aromatic rings. The number of nitrogens with one attached hydrogen (secondary N) is 1. The summed E-state index contributed by atoms with van der Waals surface area (Å²) in [5, 5.41) is 13.9. The Bertz CT molecular complexity index is 621. The topological polar surface area (TPSA) is 93.8 Å². The molecule has 7 nitrogen and oxygen atoms in total. The van der Waals surface area contributed by atoms with E-state index >= 15 is 0 Å². The molecule has 0 fully saturated rings. The maximum Gasteiger partial charge on any atom is 0.332 e. The van der Waals surface area contributed by atoms with Crippen LogP contribution in [0.15, 0.2) is 24.4 Å². The summed E-state index contributed by atoms with van der Waals surface area (Å²) in [6.45, 7) is 1.99. The van der Waals surface area contributed by atoms with Gasteiger partial charge >= 0.3 is 5.69 Å². The van der Waals surface area contributed by atoms with Crippen LogP contribution in [0.3, 0.4) is 0 Å². The molecule has 0 spiro atoms. The highest BCUT2D eigenvalue weighted by Gasteiger charge is 2.21. The van der Waals surface area contributed by atoms with Gasteiger partial charge in [0.1, 0.15) is 5.69 Å². The number of hydrogen-bond acceptors (Lipinski definition) is 6. The van der Waals surface area contributed by atoms with E-state index in [0.29, 0.717) is 13.0 Å². The maximum absolute atomic E-state index is 11.0. The molecule has 0 bridgehead atoms. The Hall–Kier alpha value is -2.28. The van der Waals surface area contributed by atoms with Gasteiger partial charge in [0, 0.05) is 24.9 Å². The Morgan fingerprint density at radius 3 is 2.85 bits per heavy atom. The monoisotopic (exact) mass is 293 g/mol. The number of halogens is 1. The second-order valence-corrected chi connectivity index (χ2v) is 4.37. The van der Waals surface area contributed by atoms with E-state index in [1.807, 2.05) is 18.2 Å². The van der Waals surface area contributed by atoms with Gasteiger partial charge in [0.15, 0.2) is 0 Å². The van der Waals surface area contributed by atoms with Crippen molar-refractivity contribution in [2.45, 2.75) is 13.3 Å². The highest BCUT2D eigenvalue weighted by atomic mass is 35.5. The lowest BCUT2D eigenvalue weighted by Gasteiger charge is -2.07. The number of anilines is 1. The SMILES string of the molecule is Cc1nc(Cl)nc(NCCc2ccccn2)c1[N+](=O)[O-]. The van der Waals surface area contributed by atoms with Gasteiger partial charge in [-0.25, -0.2) is 4.98 Å². The third kappa shape index (κ3) is 3.39. The number of hydrogen-bond donors (Lipinski definition) is 1. The Balaban J connectivity index is 2.11. The van der Waals surface area contributed by atoms with Crippen LogP contribution in [0.5, 0.6) is 0 Å². The predicted molar refractivity (Wildman–Crippen MR) is 74.9 cm³/mol. The largest absolute Gasteiger partial charge is 0.364 e. The van der Waals surface area contributed by atoms with Crippen molar-refractivity contribution in [2.24, 2.45) is 0 Å². The third-order valence-corrected chi connectivity index (χ3v) is 2.78. The number of pyridine rings is 1. The van der Waals surface area contributed by atoms with Crippen LogP contribution in [0.2, 0.25) is 5.28 Å². The Kier molecular flexibility index (Phi) is 4.41. The van der Waals surface area contributed by atoms with Gasteiger partial charge in [0.25, 0.3) is 0 Å². The molecule has 20 heavy (non-hydrogen) atoms. The molecule has 2 rings (SSSR count). The molecule has 104 valence electrons. The maximum atomic E-state index is 11.0. The molecule has 0 amide bonds. The summed E-state index contributed by atoms with van der Waals surface area (Å²) in [5.74, 6) is 0.128. The lowest BCUT2D eigenvalue weighted by Crippen LogP contribution is -2.11. The Morgan fingerprint density at radius 2 is 2.20 bits per heavy atom. The van der Waals surface area contributed by atoms with Crippen molar-refractivity contribution in [3.8, 4) is 0 Å². The summed E-state index contributed by atoms with van der Waals surface area (Å²) in [4.78, 5) is 22.3. The van der Waals surface area contributed by atoms with Gasteiger partial charge in [0.05, 0.1) is 4.92 Å². The zero-order valence-electron chi connectivity index (χ0n) is 10.7. The van der Waals surface area contributed by atoms with Crippen molar-refractivity contribution in [3.05, 3.63) is 51.2 Å². The zero-order chi connectivity index (χ0) is 14.5. The van der Waals surface area contributed by atoms with Crippen LogP contribution in [-0.4, -0.2) is 26.4 Å². The van der Waals surface area contributed by atoms with E-state index in [1.54, 1.807) is 6.20 Å². The first-order valence-corrected chi connectivity index (χ1v) is 6.28. The second kappa shape index (κ2) is 6.25. The van der Waals surface area contributed by atoms with Gasteiger partial charge < -0.3 is 5.32 Å². The van der Waals surface area contributed by atoms with Crippen molar-refractivity contribution in [2.75, 3.05) is 11.9 Å². The van der Waals surface area contributed by atoms with Crippen molar-refractivity contribution < 1.29 is 4.92 Å². The Morgan fingerprint density at radius 1 is 1.40 bits per heavy atom. The minimum atomic E-state index is -0.519. The van der Waals surface area contributed by atoms with E-state index in [1.165, 1.54) is 6.92 Å². The fourth-order valence-electron chi connectivity index (χ4n) is 1.73. The molecular weight excluding hydrogens is 282 g/mol. The summed E-state index contributed by atoms with van der Waals surface area (Å²) in [6, 6.07) is 5.60. The molecule has 2 aromatic heterocycles. The highest BCUT2D eigenvalue weighted by molar-refractivity contribution is 6.28. The molecule has 0 aromatic carbocycles. The average Bonchev–Trinajstić information content (AvgIpc) is 2.38. The van der Waals surface area contributed by atoms with Gasteiger partial charge in [-0.15, -0.1) is 0 Å². The first-order chi connectivity index (χ1) is 9.58. The molecule has 0 aliphatic carbocycles. The molecule has 0 radical (unpaired) electrons. The number of aromatic nitrogens is 3. The molecule has 0 aliphatic heterocycles. The molecule has 0 saturated heterocycles. The van der Waals surface area contributed by atoms with E-state index in [0.717, 1.165) is 5.69 Å². The van der Waals surface area contributed by atoms with E-state index in [-0.39, 0.29) is 22.5 Å². The fraction of sp³-hybridized carbons (Fsp3) is 0.250. The summed E-state index contributed by atoms with van der Waals surface area (Å²) in [5.41, 5.74) is 0.963. The normalized spacial score (nSPS) is 10.3. The number of nitro groups is 1. The van der Waals surface area contributed by atoms with Crippen molar-refractivity contribution in [1.82, 2.24) is 15.0 Å². The van der Waals surface area contributed by atoms with Crippen LogP contribution < -0.4 is 5.32 Å². The molecule has 1 N–H and O–H groups in total. The van der Waals surface area contributed by atoms with Crippen LogP contribution >= 0.6 is 11.6 Å². The van der Waals surface area contributed by atoms with E-state index in [4.69, 9.17) is 11.6 Å². The summed E-state index contributed by atoms with van der Waals surface area (Å²) < 4.78 is 0. The average molecular weight is 294 g/mol. The number of rotatable bonds is 5. The van der Waals surface area contributed by atoms with Crippen LogP contribution in [-0.2, 0) is 6.42 Å². The van der Waals surface area contributed by atoms with Gasteiger partial charge in [0.2, 0.25) is 11.1 Å². The molecular formula is C12H12ClN5O2. The first-order valence-electron chi connectivity index (χ1n) is 5.90. The minimum Gasteiger partial charge on any atom is -0.364 e. The molecule has 0 unspecified atom stereocenters. The van der Waals surface area contributed by atoms with E-state index in [2.05, 4.69) is 20.3 Å². The fourth-order valence-corrected chi connectivity index (χ4v) is 1.94. The van der Waals surface area contributed by atoms with Crippen LogP contribution in [0.4, 0.5) is 11.5 Å². The molecule has 0 aliphatic rings. The van der Waals surface area contributed by atoms with Gasteiger partial charge in [-0.05, 0) is 30.7 Å². The zero-order valence-corrected chi connectivity index (χ0v) is 11.5. The molecule has 8 heteroatoms. The lowest BCUT2D eigenvalue weighted by molar-refractivity contribution is -0.385. The second-order valence-electron chi connectivity index (χ2n) is 4.03. The quantitative estimate of drug-likeness (QED) is 0.517. The van der Waals surface area contributed by atoms with E-state index < -0.39 is 4.92 Å². The van der Waals surface area contributed by atoms with Gasteiger partial charge in [-0.3, -0.25) is 15.1 Å². The summed E-state index contributed by atoms with van der Waals surface area (Å²) >= 11 is 5.73. The Labute approximate surface area is 120 Å². The van der Waals surface area contributed by atoms with Gasteiger partial charge in [-0.2, -0.15) is 4.98 Å². The molecule has 2 heterocycles. The van der Waals surface area contributed by atoms with Gasteiger partial charge in [-0.1, -0.05) is 6.07 Å². The third-order valence-electron chi connectivity index (χ3n) is 2.61. The van der Waals surface area contributed by atoms with Crippen LogP contribution in [0.1, 0.15) is 11.4 Å². The minimum absolute atomic E-state index is 0.0200. The van der Waals surface area contributed by atoms with Crippen LogP contribution in [0.25, 0.3) is 0 Å². The predicted octanol–water partition coefficient (Wildman–Crippen LogP) is 2.40. The van der Waals surface area contributed by atoms with Crippen molar-refractivity contribution in [1.29, 1.82) is 0 Å². The summed E-state index contributed by atoms with van der Waals surface area (Å²) in [7, 11) is 0. The van der Waals surface area contributed by atoms with E-state index in [9.17, 15) is 10.1 Å². The molecule has 0 saturated carbocycles. The van der Waals surface area contributed by atoms with Crippen molar-refractivity contribution in [3.63, 3.8) is 0 Å². The first kappa shape index (κ1) is 14.1. The summed E-state index contributed by atoms with van der Waals surface area (Å²) in [6.07, 6.45) is 2.32. The smallest absolute Gasteiger partial charge is 0.332 e.